The Balaban J connectivity index is 4.52. The molecule has 3 heteroatoms. The molecule has 15 heavy (non-hydrogen) atoms. The summed E-state index contributed by atoms with van der Waals surface area (Å²) in [6.07, 6.45) is 0. The Hall–Kier alpha value is 0.137. The summed E-state index contributed by atoms with van der Waals surface area (Å²) in [6, 6.07) is 0. The van der Waals surface area contributed by atoms with Crippen LogP contribution in [-0.4, -0.2) is 51.3 Å². The fourth-order valence-electron chi connectivity index (χ4n) is 2.24. The predicted octanol–water partition coefficient (Wildman–Crippen LogP) is 1.95. The quantitative estimate of drug-likeness (QED) is 0.464. The molecule has 0 aromatic rings. The van der Waals surface area contributed by atoms with Gasteiger partial charge in [0.15, 0.2) is 0 Å². The van der Waals surface area contributed by atoms with Crippen LogP contribution in [0.1, 0.15) is 41.5 Å². The van der Waals surface area contributed by atoms with Gasteiger partial charge in [0.2, 0.25) is 0 Å². The zero-order chi connectivity index (χ0) is 11.8. The molecule has 0 heterocycles. The van der Waals surface area contributed by atoms with Gasteiger partial charge in [-0.05, 0) is 26.2 Å². The molecule has 0 spiro atoms. The second kappa shape index (κ2) is 8.31. The third kappa shape index (κ3) is 5.14. The van der Waals surface area contributed by atoms with Crippen molar-refractivity contribution in [2.75, 3.05) is 26.2 Å². The standard InChI is InChI=1S/C12H30N2Si/c1-7-13(8-2)12(15-11(5)6)14(9-3)10-4/h11-12H,7-10,15H2,1-6H3. The Bertz CT molecular complexity index is 131. The van der Waals surface area contributed by atoms with Crippen molar-refractivity contribution in [3.05, 3.63) is 0 Å². The third-order valence-electron chi connectivity index (χ3n) is 3.15. The molecule has 0 radical (unpaired) electrons. The molecule has 0 atom stereocenters. The first-order chi connectivity index (χ1) is 7.10. The van der Waals surface area contributed by atoms with Crippen molar-refractivity contribution in [3.63, 3.8) is 0 Å². The van der Waals surface area contributed by atoms with Gasteiger partial charge in [-0.15, -0.1) is 0 Å². The summed E-state index contributed by atoms with van der Waals surface area (Å²) in [4.78, 5) is 5.28. The Labute approximate surface area is 98.8 Å². The fraction of sp³-hybridized carbons (Fsp3) is 1.00. The van der Waals surface area contributed by atoms with Crippen LogP contribution in [0.2, 0.25) is 5.54 Å². The van der Waals surface area contributed by atoms with Crippen LogP contribution in [0.4, 0.5) is 0 Å². The van der Waals surface area contributed by atoms with E-state index in [0.29, 0.717) is 0 Å². The first kappa shape index (κ1) is 15.1. The van der Waals surface area contributed by atoms with Gasteiger partial charge >= 0.3 is 0 Å². The van der Waals surface area contributed by atoms with Gasteiger partial charge in [0.05, 0.1) is 9.52 Å². The van der Waals surface area contributed by atoms with Gasteiger partial charge in [-0.3, -0.25) is 9.80 Å². The van der Waals surface area contributed by atoms with Gasteiger partial charge in [-0.2, -0.15) is 0 Å². The van der Waals surface area contributed by atoms with Crippen molar-refractivity contribution in [2.24, 2.45) is 0 Å². The molecule has 0 aliphatic heterocycles. The lowest BCUT2D eigenvalue weighted by Gasteiger charge is -2.39. The highest BCUT2D eigenvalue weighted by Gasteiger charge is 2.22. The average molecular weight is 230 g/mol. The molecule has 0 saturated heterocycles. The van der Waals surface area contributed by atoms with Gasteiger partial charge < -0.3 is 0 Å². The molecule has 92 valence electrons. The van der Waals surface area contributed by atoms with Crippen LogP contribution in [0.15, 0.2) is 0 Å². The third-order valence-corrected chi connectivity index (χ3v) is 5.55. The number of hydrogen-bond donors (Lipinski definition) is 0. The molecule has 0 aromatic carbocycles. The minimum atomic E-state index is -0.0269. The summed E-state index contributed by atoms with van der Waals surface area (Å²) in [7, 11) is -0.0269. The molecular weight excluding hydrogens is 200 g/mol. The SMILES string of the molecule is CCN(CC)C([SiH2]C(C)C)N(CC)CC. The molecule has 0 bridgehead atoms. The molecule has 0 unspecified atom stereocenters. The lowest BCUT2D eigenvalue weighted by Crippen LogP contribution is -2.52. The first-order valence-corrected chi connectivity index (χ1v) is 8.21. The minimum absolute atomic E-state index is 0.0269. The van der Waals surface area contributed by atoms with Crippen LogP contribution < -0.4 is 0 Å². The fourth-order valence-corrected chi connectivity index (χ4v) is 4.71. The number of hydrogen-bond acceptors (Lipinski definition) is 2. The lowest BCUT2D eigenvalue weighted by atomic mass is 10.5. The molecule has 0 saturated carbocycles. The first-order valence-electron chi connectivity index (χ1n) is 6.58. The van der Waals surface area contributed by atoms with Crippen molar-refractivity contribution in [3.8, 4) is 0 Å². The van der Waals surface area contributed by atoms with E-state index in [-0.39, 0.29) is 9.52 Å². The summed E-state index contributed by atoms with van der Waals surface area (Å²) in [5, 5.41) is 0. The van der Waals surface area contributed by atoms with E-state index in [1.807, 2.05) is 0 Å². The molecule has 0 fully saturated rings. The minimum Gasteiger partial charge on any atom is -0.292 e. The summed E-state index contributed by atoms with van der Waals surface area (Å²) in [5.74, 6) is 0.773. The maximum Gasteiger partial charge on any atom is 0.0617 e. The lowest BCUT2D eigenvalue weighted by molar-refractivity contribution is 0.114. The highest BCUT2D eigenvalue weighted by molar-refractivity contribution is 6.39. The number of nitrogens with zero attached hydrogens (tertiary/aromatic N) is 2. The molecule has 0 aliphatic carbocycles. The zero-order valence-corrected chi connectivity index (χ0v) is 13.0. The van der Waals surface area contributed by atoms with E-state index >= 15 is 0 Å². The van der Waals surface area contributed by atoms with E-state index in [2.05, 4.69) is 51.3 Å². The van der Waals surface area contributed by atoms with Crippen molar-refractivity contribution < 1.29 is 0 Å². The van der Waals surface area contributed by atoms with Crippen molar-refractivity contribution in [2.45, 2.75) is 52.9 Å². The second-order valence-electron chi connectivity index (χ2n) is 4.55. The maximum absolute atomic E-state index is 2.64. The van der Waals surface area contributed by atoms with Crippen LogP contribution in [-0.2, 0) is 0 Å². The Morgan fingerprint density at radius 3 is 1.33 bits per heavy atom. The summed E-state index contributed by atoms with van der Waals surface area (Å²) in [6.45, 7) is 18.7. The Morgan fingerprint density at radius 1 is 0.800 bits per heavy atom. The van der Waals surface area contributed by atoms with E-state index in [9.17, 15) is 0 Å². The zero-order valence-electron chi connectivity index (χ0n) is 11.6. The highest BCUT2D eigenvalue weighted by atomic mass is 28.2. The van der Waals surface area contributed by atoms with Crippen LogP contribution in [0, 0.1) is 0 Å². The van der Waals surface area contributed by atoms with Crippen LogP contribution in [0.5, 0.6) is 0 Å². The molecule has 0 rings (SSSR count). The second-order valence-corrected chi connectivity index (χ2v) is 7.39. The van der Waals surface area contributed by atoms with Gasteiger partial charge in [-0.25, -0.2) is 0 Å². The van der Waals surface area contributed by atoms with Gasteiger partial charge in [0.25, 0.3) is 0 Å². The van der Waals surface area contributed by atoms with Crippen LogP contribution in [0.25, 0.3) is 0 Å². The van der Waals surface area contributed by atoms with E-state index < -0.39 is 0 Å². The molecule has 2 nitrogen and oxygen atoms in total. The Morgan fingerprint density at radius 2 is 1.13 bits per heavy atom. The van der Waals surface area contributed by atoms with E-state index in [1.54, 1.807) is 0 Å². The molecular formula is C12H30N2Si. The molecule has 0 aromatic heterocycles. The highest BCUT2D eigenvalue weighted by Crippen LogP contribution is 2.11. The van der Waals surface area contributed by atoms with E-state index in [0.717, 1.165) is 11.3 Å². The van der Waals surface area contributed by atoms with Crippen molar-refractivity contribution in [1.82, 2.24) is 9.80 Å². The van der Waals surface area contributed by atoms with Crippen molar-refractivity contribution in [1.29, 1.82) is 0 Å². The molecule has 0 amide bonds. The molecule has 0 aliphatic rings. The van der Waals surface area contributed by atoms with Gasteiger partial charge in [0.1, 0.15) is 0 Å². The topological polar surface area (TPSA) is 6.48 Å². The molecule has 0 N–H and O–H groups in total. The summed E-state index contributed by atoms with van der Waals surface area (Å²) in [5.41, 5.74) is 0.913. The van der Waals surface area contributed by atoms with Crippen molar-refractivity contribution >= 4 is 9.52 Å². The maximum atomic E-state index is 2.64. The largest absolute Gasteiger partial charge is 0.292 e. The van der Waals surface area contributed by atoms with Gasteiger partial charge in [-0.1, -0.05) is 47.1 Å². The Kier molecular flexibility index (Phi) is 8.38. The average Bonchev–Trinajstić information content (AvgIpc) is 2.20. The number of rotatable bonds is 8. The van der Waals surface area contributed by atoms with Gasteiger partial charge in [0, 0.05) is 5.79 Å². The smallest absolute Gasteiger partial charge is 0.0617 e. The van der Waals surface area contributed by atoms with Crippen LogP contribution >= 0.6 is 0 Å². The van der Waals surface area contributed by atoms with Crippen LogP contribution in [0.3, 0.4) is 0 Å². The van der Waals surface area contributed by atoms with E-state index in [1.165, 1.54) is 26.2 Å². The monoisotopic (exact) mass is 230 g/mol. The van der Waals surface area contributed by atoms with E-state index in [4.69, 9.17) is 0 Å². The summed E-state index contributed by atoms with van der Waals surface area (Å²) < 4.78 is 0. The summed E-state index contributed by atoms with van der Waals surface area (Å²) >= 11 is 0. The normalized spacial score (nSPS) is 13.2. The predicted molar refractivity (Wildman–Crippen MR) is 73.3 cm³/mol.